The largest absolute Gasteiger partial charge is 0.507 e. The van der Waals surface area contributed by atoms with Crippen LogP contribution in [0.3, 0.4) is 0 Å². The maximum Gasteiger partial charge on any atom is 0.260 e. The van der Waals surface area contributed by atoms with E-state index in [1.165, 1.54) is 12.1 Å². The van der Waals surface area contributed by atoms with E-state index in [2.05, 4.69) is 9.88 Å². The molecule has 3 heterocycles. The smallest absolute Gasteiger partial charge is 0.260 e. The van der Waals surface area contributed by atoms with E-state index in [9.17, 15) is 14.3 Å². The molecule has 0 radical (unpaired) electrons. The highest BCUT2D eigenvalue weighted by molar-refractivity contribution is 5.41. The molecule has 0 unspecified atom stereocenters. The van der Waals surface area contributed by atoms with Crippen LogP contribution in [0.25, 0.3) is 0 Å². The SMILES string of the molecule is Cc1cc(O)c([C@H](c2ccc(F)cc2)N2CCCCC2)c(=O)n1Cc1ccccn1. The van der Waals surface area contributed by atoms with E-state index in [1.54, 1.807) is 29.0 Å². The van der Waals surface area contributed by atoms with Crippen LogP contribution >= 0.6 is 0 Å². The first-order chi connectivity index (χ1) is 14.5. The van der Waals surface area contributed by atoms with Crippen LogP contribution in [0.15, 0.2) is 59.5 Å². The van der Waals surface area contributed by atoms with Crippen LogP contribution in [0.4, 0.5) is 4.39 Å². The summed E-state index contributed by atoms with van der Waals surface area (Å²) in [6.45, 7) is 3.79. The standard InChI is InChI=1S/C24H26FN3O2/c1-17-15-21(29)22(24(30)28(17)16-20-7-3-4-12-26-20)23(27-13-5-2-6-14-27)18-8-10-19(25)11-9-18/h3-4,7-12,15,23,29H,2,5-6,13-14,16H2,1H3/t23-/m0/s1. The van der Waals surface area contributed by atoms with Crippen molar-refractivity contribution in [1.82, 2.24) is 14.5 Å². The predicted octanol–water partition coefficient (Wildman–Crippen LogP) is 4.02. The number of aromatic hydroxyl groups is 1. The molecule has 0 bridgehead atoms. The molecule has 0 spiro atoms. The van der Waals surface area contributed by atoms with Gasteiger partial charge in [-0.25, -0.2) is 4.39 Å². The maximum absolute atomic E-state index is 13.6. The number of aryl methyl sites for hydroxylation is 1. The Morgan fingerprint density at radius 2 is 1.83 bits per heavy atom. The zero-order valence-electron chi connectivity index (χ0n) is 17.1. The fourth-order valence-corrected chi connectivity index (χ4v) is 4.26. The van der Waals surface area contributed by atoms with Crippen molar-refractivity contribution in [3.63, 3.8) is 0 Å². The minimum atomic E-state index is -0.422. The molecule has 4 rings (SSSR count). The van der Waals surface area contributed by atoms with Gasteiger partial charge in [0.15, 0.2) is 0 Å². The molecule has 3 aromatic rings. The molecule has 1 atom stereocenters. The van der Waals surface area contributed by atoms with Gasteiger partial charge in [-0.3, -0.25) is 14.7 Å². The van der Waals surface area contributed by atoms with Gasteiger partial charge in [-0.05, 0) is 68.8 Å². The third-order valence-electron chi connectivity index (χ3n) is 5.78. The molecule has 1 N–H and O–H groups in total. The van der Waals surface area contributed by atoms with Crippen molar-refractivity contribution in [2.24, 2.45) is 0 Å². The summed E-state index contributed by atoms with van der Waals surface area (Å²) >= 11 is 0. The molecule has 1 aliphatic rings. The topological polar surface area (TPSA) is 58.4 Å². The average Bonchev–Trinajstić information content (AvgIpc) is 2.76. The number of hydrogen-bond acceptors (Lipinski definition) is 4. The van der Waals surface area contributed by atoms with Crippen LogP contribution < -0.4 is 5.56 Å². The number of nitrogens with zero attached hydrogens (tertiary/aromatic N) is 3. The number of benzene rings is 1. The van der Waals surface area contributed by atoms with E-state index < -0.39 is 6.04 Å². The maximum atomic E-state index is 13.6. The zero-order chi connectivity index (χ0) is 21.1. The first kappa shape index (κ1) is 20.3. The second-order valence-electron chi connectivity index (χ2n) is 7.85. The highest BCUT2D eigenvalue weighted by Crippen LogP contribution is 2.34. The molecule has 156 valence electrons. The Kier molecular flexibility index (Phi) is 5.95. The van der Waals surface area contributed by atoms with Crippen LogP contribution in [-0.2, 0) is 6.54 Å². The molecular formula is C24H26FN3O2. The molecule has 1 aliphatic heterocycles. The van der Waals surface area contributed by atoms with Gasteiger partial charge < -0.3 is 9.67 Å². The van der Waals surface area contributed by atoms with Crippen LogP contribution in [-0.4, -0.2) is 32.6 Å². The van der Waals surface area contributed by atoms with Crippen molar-refractivity contribution < 1.29 is 9.50 Å². The lowest BCUT2D eigenvalue weighted by molar-refractivity contribution is 0.183. The highest BCUT2D eigenvalue weighted by atomic mass is 19.1. The summed E-state index contributed by atoms with van der Waals surface area (Å²) in [5.74, 6) is -0.341. The molecule has 0 aliphatic carbocycles. The molecular weight excluding hydrogens is 381 g/mol. The van der Waals surface area contributed by atoms with Gasteiger partial charge in [0, 0.05) is 11.9 Å². The number of halogens is 1. The van der Waals surface area contributed by atoms with Gasteiger partial charge in [0.1, 0.15) is 11.6 Å². The van der Waals surface area contributed by atoms with E-state index in [-0.39, 0.29) is 17.1 Å². The van der Waals surface area contributed by atoms with Gasteiger partial charge in [0.25, 0.3) is 5.56 Å². The fraction of sp³-hybridized carbons (Fsp3) is 0.333. The number of aromatic nitrogens is 2. The normalized spacial score (nSPS) is 15.8. The Morgan fingerprint density at radius 3 is 2.50 bits per heavy atom. The van der Waals surface area contributed by atoms with Crippen LogP contribution in [0.5, 0.6) is 5.75 Å². The van der Waals surface area contributed by atoms with Crippen LogP contribution in [0.2, 0.25) is 0 Å². The lowest BCUT2D eigenvalue weighted by Gasteiger charge is -2.35. The summed E-state index contributed by atoms with van der Waals surface area (Å²) in [5, 5.41) is 10.8. The lowest BCUT2D eigenvalue weighted by Crippen LogP contribution is -2.39. The summed E-state index contributed by atoms with van der Waals surface area (Å²) in [5.41, 5.74) is 2.35. The molecule has 1 aromatic carbocycles. The Labute approximate surface area is 175 Å². The molecule has 2 aromatic heterocycles. The van der Waals surface area contributed by atoms with Gasteiger partial charge >= 0.3 is 0 Å². The minimum Gasteiger partial charge on any atom is -0.507 e. The van der Waals surface area contributed by atoms with Crippen molar-refractivity contribution >= 4 is 0 Å². The number of piperidine rings is 1. The van der Waals surface area contributed by atoms with Crippen LogP contribution in [0.1, 0.15) is 47.8 Å². The van der Waals surface area contributed by atoms with Gasteiger partial charge in [0.05, 0.1) is 23.8 Å². The van der Waals surface area contributed by atoms with Crippen molar-refractivity contribution in [2.45, 2.75) is 38.8 Å². The number of rotatable bonds is 5. The average molecular weight is 407 g/mol. The third kappa shape index (κ3) is 4.14. The molecule has 0 amide bonds. The first-order valence-electron chi connectivity index (χ1n) is 10.4. The second kappa shape index (κ2) is 8.79. The Morgan fingerprint density at radius 1 is 1.10 bits per heavy atom. The van der Waals surface area contributed by atoms with Gasteiger partial charge in [-0.15, -0.1) is 0 Å². The number of likely N-dealkylation sites (tertiary alicyclic amines) is 1. The summed E-state index contributed by atoms with van der Waals surface area (Å²) < 4.78 is 15.2. The van der Waals surface area contributed by atoms with E-state index in [0.29, 0.717) is 17.8 Å². The molecule has 0 saturated carbocycles. The Bertz CT molecular complexity index is 1060. The first-order valence-corrected chi connectivity index (χ1v) is 10.4. The van der Waals surface area contributed by atoms with Gasteiger partial charge in [-0.2, -0.15) is 0 Å². The summed E-state index contributed by atoms with van der Waals surface area (Å²) in [6, 6.07) is 13.0. The highest BCUT2D eigenvalue weighted by Gasteiger charge is 2.30. The zero-order valence-corrected chi connectivity index (χ0v) is 17.1. The van der Waals surface area contributed by atoms with E-state index in [1.807, 2.05) is 25.1 Å². The predicted molar refractivity (Wildman–Crippen MR) is 114 cm³/mol. The van der Waals surface area contributed by atoms with Crippen molar-refractivity contribution in [3.8, 4) is 5.75 Å². The second-order valence-corrected chi connectivity index (χ2v) is 7.85. The van der Waals surface area contributed by atoms with E-state index in [4.69, 9.17) is 0 Å². The monoisotopic (exact) mass is 407 g/mol. The van der Waals surface area contributed by atoms with Crippen LogP contribution in [0, 0.1) is 12.7 Å². The van der Waals surface area contributed by atoms with Crippen molar-refractivity contribution in [1.29, 1.82) is 0 Å². The Hall–Kier alpha value is -2.99. The van der Waals surface area contributed by atoms with E-state index >= 15 is 0 Å². The Balaban J connectivity index is 1.84. The van der Waals surface area contributed by atoms with Gasteiger partial charge in [0.2, 0.25) is 0 Å². The quantitative estimate of drug-likeness (QED) is 0.694. The fourth-order valence-electron chi connectivity index (χ4n) is 4.26. The van der Waals surface area contributed by atoms with Crippen molar-refractivity contribution in [2.75, 3.05) is 13.1 Å². The third-order valence-corrected chi connectivity index (χ3v) is 5.78. The van der Waals surface area contributed by atoms with E-state index in [0.717, 1.165) is 43.6 Å². The number of hydrogen-bond donors (Lipinski definition) is 1. The molecule has 5 nitrogen and oxygen atoms in total. The molecule has 1 fully saturated rings. The summed E-state index contributed by atoms with van der Waals surface area (Å²) in [7, 11) is 0. The summed E-state index contributed by atoms with van der Waals surface area (Å²) in [4.78, 5) is 20.2. The lowest BCUT2D eigenvalue weighted by atomic mass is 9.94. The number of pyridine rings is 2. The molecule has 1 saturated heterocycles. The minimum absolute atomic E-state index is 0.0188. The van der Waals surface area contributed by atoms with Crippen molar-refractivity contribution in [3.05, 3.63) is 93.4 Å². The molecule has 30 heavy (non-hydrogen) atoms. The summed E-state index contributed by atoms with van der Waals surface area (Å²) in [6.07, 6.45) is 4.92. The molecule has 6 heteroatoms. The van der Waals surface area contributed by atoms with Gasteiger partial charge in [-0.1, -0.05) is 24.6 Å².